The third-order valence-electron chi connectivity index (χ3n) is 3.63. The Morgan fingerprint density at radius 3 is 2.84 bits per heavy atom. The fraction of sp³-hybridized carbons (Fsp3) is 0.500. The summed E-state index contributed by atoms with van der Waals surface area (Å²) < 4.78 is 13.8. The van der Waals surface area contributed by atoms with Gasteiger partial charge in [-0.25, -0.2) is 9.18 Å². The maximum atomic E-state index is 13.8. The monoisotopic (exact) mass is 266 g/mol. The smallest absolute Gasteiger partial charge is 0.335 e. The van der Waals surface area contributed by atoms with Gasteiger partial charge < -0.3 is 10.0 Å². The van der Waals surface area contributed by atoms with Crippen molar-refractivity contribution in [3.05, 3.63) is 35.1 Å². The van der Waals surface area contributed by atoms with Crippen molar-refractivity contribution in [3.8, 4) is 0 Å². The lowest BCUT2D eigenvalue weighted by molar-refractivity contribution is 0.0696. The van der Waals surface area contributed by atoms with E-state index in [1.165, 1.54) is 18.2 Å². The van der Waals surface area contributed by atoms with Gasteiger partial charge >= 0.3 is 5.97 Å². The van der Waals surface area contributed by atoms with Gasteiger partial charge in [0.05, 0.1) is 5.56 Å². The number of aromatic carboxylic acids is 1. The van der Waals surface area contributed by atoms with Crippen LogP contribution in [0.4, 0.5) is 4.39 Å². The van der Waals surface area contributed by atoms with Crippen LogP contribution in [0.5, 0.6) is 0 Å². The number of halogens is 1. The topological polar surface area (TPSA) is 43.8 Å². The van der Waals surface area contributed by atoms with Crippen LogP contribution in [0.1, 0.15) is 22.8 Å². The summed E-state index contributed by atoms with van der Waals surface area (Å²) in [5.74, 6) is -1.36. The molecular formula is C14H19FN2O2. The highest BCUT2D eigenvalue weighted by atomic mass is 19.1. The summed E-state index contributed by atoms with van der Waals surface area (Å²) in [6.45, 7) is 5.33. The van der Waals surface area contributed by atoms with Crippen LogP contribution in [-0.4, -0.2) is 53.6 Å². The molecule has 4 nitrogen and oxygen atoms in total. The average Bonchev–Trinajstić information content (AvgIpc) is 2.34. The molecule has 0 amide bonds. The van der Waals surface area contributed by atoms with Gasteiger partial charge in [0.25, 0.3) is 0 Å². The van der Waals surface area contributed by atoms with Gasteiger partial charge in [-0.1, -0.05) is 0 Å². The quantitative estimate of drug-likeness (QED) is 0.903. The number of carbonyl (C=O) groups is 1. The lowest BCUT2D eigenvalue weighted by atomic mass is 10.1. The van der Waals surface area contributed by atoms with Gasteiger partial charge in [-0.2, -0.15) is 0 Å². The Labute approximate surface area is 112 Å². The molecule has 1 heterocycles. The number of rotatable bonds is 3. The summed E-state index contributed by atoms with van der Waals surface area (Å²) in [6.07, 6.45) is 0. The minimum Gasteiger partial charge on any atom is -0.478 e. The lowest BCUT2D eigenvalue weighted by Gasteiger charge is -2.38. The van der Waals surface area contributed by atoms with Gasteiger partial charge in [-0.15, -0.1) is 0 Å². The van der Waals surface area contributed by atoms with Crippen molar-refractivity contribution in [1.82, 2.24) is 9.80 Å². The highest BCUT2D eigenvalue weighted by molar-refractivity contribution is 5.87. The first-order valence-corrected chi connectivity index (χ1v) is 6.41. The maximum Gasteiger partial charge on any atom is 0.335 e. The Hall–Kier alpha value is -1.46. The molecule has 19 heavy (non-hydrogen) atoms. The highest BCUT2D eigenvalue weighted by Crippen LogP contribution is 2.17. The minimum atomic E-state index is -1.02. The van der Waals surface area contributed by atoms with Gasteiger partial charge in [0.15, 0.2) is 0 Å². The van der Waals surface area contributed by atoms with Crippen molar-refractivity contribution in [3.63, 3.8) is 0 Å². The van der Waals surface area contributed by atoms with Crippen LogP contribution in [0, 0.1) is 5.82 Å². The molecule has 2 rings (SSSR count). The van der Waals surface area contributed by atoms with Crippen molar-refractivity contribution < 1.29 is 14.3 Å². The second-order valence-corrected chi connectivity index (χ2v) is 5.19. The molecular weight excluding hydrogens is 247 g/mol. The molecule has 0 radical (unpaired) electrons. The molecule has 5 heteroatoms. The number of hydrogen-bond donors (Lipinski definition) is 1. The predicted molar refractivity (Wildman–Crippen MR) is 70.7 cm³/mol. The van der Waals surface area contributed by atoms with Crippen molar-refractivity contribution >= 4 is 5.97 Å². The zero-order valence-corrected chi connectivity index (χ0v) is 11.3. The third-order valence-corrected chi connectivity index (χ3v) is 3.63. The third kappa shape index (κ3) is 3.30. The second kappa shape index (κ2) is 5.67. The van der Waals surface area contributed by atoms with Crippen LogP contribution >= 0.6 is 0 Å². The van der Waals surface area contributed by atoms with E-state index < -0.39 is 5.97 Å². The molecule has 1 saturated heterocycles. The fourth-order valence-corrected chi connectivity index (χ4v) is 2.46. The number of carboxylic acid groups (broad SMARTS) is 1. The zero-order chi connectivity index (χ0) is 14.0. The molecule has 0 bridgehead atoms. The first-order chi connectivity index (χ1) is 8.97. The van der Waals surface area contributed by atoms with Crippen LogP contribution in [0.3, 0.4) is 0 Å². The van der Waals surface area contributed by atoms with Crippen LogP contribution in [0.2, 0.25) is 0 Å². The van der Waals surface area contributed by atoms with Gasteiger partial charge in [-0.05, 0) is 32.2 Å². The lowest BCUT2D eigenvalue weighted by Crippen LogP contribution is -2.49. The normalized spacial score (nSPS) is 21.5. The van der Waals surface area contributed by atoms with E-state index in [4.69, 9.17) is 5.11 Å². The summed E-state index contributed by atoms with van der Waals surface area (Å²) in [4.78, 5) is 15.3. The van der Waals surface area contributed by atoms with Crippen LogP contribution in [-0.2, 0) is 6.54 Å². The largest absolute Gasteiger partial charge is 0.478 e. The molecule has 1 fully saturated rings. The molecule has 1 N–H and O–H groups in total. The van der Waals surface area contributed by atoms with Crippen LogP contribution in [0.25, 0.3) is 0 Å². The van der Waals surface area contributed by atoms with Crippen LogP contribution in [0.15, 0.2) is 18.2 Å². The summed E-state index contributed by atoms with van der Waals surface area (Å²) in [6, 6.07) is 4.31. The van der Waals surface area contributed by atoms with Crippen molar-refractivity contribution in [2.75, 3.05) is 26.7 Å². The molecule has 1 aliphatic heterocycles. The van der Waals surface area contributed by atoms with E-state index in [0.717, 1.165) is 19.6 Å². The molecule has 0 saturated carbocycles. The van der Waals surface area contributed by atoms with E-state index in [1.807, 2.05) is 0 Å². The summed E-state index contributed by atoms with van der Waals surface area (Å²) in [5, 5.41) is 8.95. The molecule has 1 aliphatic rings. The summed E-state index contributed by atoms with van der Waals surface area (Å²) in [7, 11) is 2.07. The molecule has 0 spiro atoms. The standard InChI is InChI=1S/C14H19FN2O2/c1-10-8-16(2)5-6-17(10)9-12-7-11(14(18)19)3-4-13(12)15/h3-4,7,10H,5-6,8-9H2,1-2H3,(H,18,19). The van der Waals surface area contributed by atoms with E-state index in [2.05, 4.69) is 23.8 Å². The van der Waals surface area contributed by atoms with E-state index in [1.54, 1.807) is 0 Å². The number of carboxylic acids is 1. The predicted octanol–water partition coefficient (Wildman–Crippen LogP) is 1.66. The fourth-order valence-electron chi connectivity index (χ4n) is 2.46. The number of hydrogen-bond acceptors (Lipinski definition) is 3. The van der Waals surface area contributed by atoms with E-state index in [0.29, 0.717) is 18.2 Å². The van der Waals surface area contributed by atoms with Gasteiger partial charge in [0.1, 0.15) is 5.82 Å². The molecule has 1 atom stereocenters. The highest BCUT2D eigenvalue weighted by Gasteiger charge is 2.22. The molecule has 1 unspecified atom stereocenters. The van der Waals surface area contributed by atoms with Crippen molar-refractivity contribution in [2.24, 2.45) is 0 Å². The Bertz CT molecular complexity index is 479. The van der Waals surface area contributed by atoms with Crippen molar-refractivity contribution in [1.29, 1.82) is 0 Å². The van der Waals surface area contributed by atoms with Gasteiger partial charge in [0.2, 0.25) is 0 Å². The number of benzene rings is 1. The number of nitrogens with zero attached hydrogens (tertiary/aromatic N) is 2. The Kier molecular flexibility index (Phi) is 4.17. The zero-order valence-electron chi connectivity index (χ0n) is 11.3. The number of piperazine rings is 1. The van der Waals surface area contributed by atoms with Crippen molar-refractivity contribution in [2.45, 2.75) is 19.5 Å². The van der Waals surface area contributed by atoms with E-state index >= 15 is 0 Å². The first kappa shape index (κ1) is 14.0. The molecule has 0 aliphatic carbocycles. The molecule has 0 aromatic heterocycles. The van der Waals surface area contributed by atoms with Crippen LogP contribution < -0.4 is 0 Å². The second-order valence-electron chi connectivity index (χ2n) is 5.19. The maximum absolute atomic E-state index is 13.8. The number of likely N-dealkylation sites (N-methyl/N-ethyl adjacent to an activating group) is 1. The van der Waals surface area contributed by atoms with Gasteiger partial charge in [-0.3, -0.25) is 4.90 Å². The Balaban J connectivity index is 2.14. The average molecular weight is 266 g/mol. The summed E-state index contributed by atoms with van der Waals surface area (Å²) >= 11 is 0. The van der Waals surface area contributed by atoms with E-state index in [-0.39, 0.29) is 11.4 Å². The van der Waals surface area contributed by atoms with E-state index in [9.17, 15) is 9.18 Å². The molecule has 1 aromatic rings. The SMILES string of the molecule is CC1CN(C)CCN1Cc1cc(C(=O)O)ccc1F. The Morgan fingerprint density at radius 2 is 2.21 bits per heavy atom. The molecule has 1 aromatic carbocycles. The molecule has 104 valence electrons. The first-order valence-electron chi connectivity index (χ1n) is 6.41. The summed E-state index contributed by atoms with van der Waals surface area (Å²) in [5.41, 5.74) is 0.592. The van der Waals surface area contributed by atoms with Gasteiger partial charge in [0, 0.05) is 37.8 Å². The Morgan fingerprint density at radius 1 is 1.47 bits per heavy atom. The minimum absolute atomic E-state index is 0.137.